The van der Waals surface area contributed by atoms with Crippen molar-refractivity contribution in [2.45, 2.75) is 245 Å². The number of esters is 2. The number of allylic oxidation sites excluding steroid dienone is 2. The maximum Gasteiger partial charge on any atom is 0.472 e. The number of rotatable bonds is 45. The standard InChI is InChI=1S/C46H90NO8P/c1-3-5-7-9-11-13-15-17-19-20-21-22-23-24-25-27-29-31-33-35-37-39-46(49)55-44(43-54-56(50,51)53-41-40-47)42-52-45(48)38-36-34-32-30-28-26-18-16-14-12-10-8-6-4-2/h20-21,44H,3-19,22-43,47H2,1-2H3,(H,50,51)/b21-20-. The van der Waals surface area contributed by atoms with Gasteiger partial charge in [0.15, 0.2) is 6.10 Å². The van der Waals surface area contributed by atoms with Gasteiger partial charge < -0.3 is 20.1 Å². The molecule has 0 heterocycles. The van der Waals surface area contributed by atoms with Crippen LogP contribution in [0.5, 0.6) is 0 Å². The average molecular weight is 816 g/mol. The molecule has 0 aromatic carbocycles. The normalized spacial score (nSPS) is 13.3. The first-order chi connectivity index (χ1) is 27.3. The van der Waals surface area contributed by atoms with E-state index in [2.05, 4.69) is 26.0 Å². The van der Waals surface area contributed by atoms with Gasteiger partial charge in [-0.15, -0.1) is 0 Å². The van der Waals surface area contributed by atoms with Crippen LogP contribution in [0.2, 0.25) is 0 Å². The molecule has 56 heavy (non-hydrogen) atoms. The molecule has 0 aliphatic carbocycles. The fraction of sp³-hybridized carbons (Fsp3) is 0.913. The Morgan fingerprint density at radius 3 is 1.27 bits per heavy atom. The molecular formula is C46H90NO8P. The van der Waals surface area contributed by atoms with Crippen LogP contribution in [0.3, 0.4) is 0 Å². The lowest BCUT2D eigenvalue weighted by Crippen LogP contribution is -2.29. The zero-order chi connectivity index (χ0) is 41.1. The molecule has 0 aromatic heterocycles. The van der Waals surface area contributed by atoms with Crippen LogP contribution in [0, 0.1) is 0 Å². The van der Waals surface area contributed by atoms with E-state index in [9.17, 15) is 19.0 Å². The van der Waals surface area contributed by atoms with Gasteiger partial charge in [0.25, 0.3) is 0 Å². The summed E-state index contributed by atoms with van der Waals surface area (Å²) in [5.74, 6) is -0.818. The molecule has 10 heteroatoms. The van der Waals surface area contributed by atoms with E-state index < -0.39 is 26.5 Å². The molecule has 0 spiro atoms. The first-order valence-corrected chi connectivity index (χ1v) is 25.2. The summed E-state index contributed by atoms with van der Waals surface area (Å²) >= 11 is 0. The van der Waals surface area contributed by atoms with Crippen LogP contribution in [-0.2, 0) is 32.7 Å². The van der Waals surface area contributed by atoms with Gasteiger partial charge in [-0.25, -0.2) is 4.57 Å². The minimum atomic E-state index is -4.37. The molecule has 3 N–H and O–H groups in total. The van der Waals surface area contributed by atoms with E-state index in [0.29, 0.717) is 6.42 Å². The molecular weight excluding hydrogens is 725 g/mol. The van der Waals surface area contributed by atoms with Crippen molar-refractivity contribution in [3.05, 3.63) is 12.2 Å². The topological polar surface area (TPSA) is 134 Å². The van der Waals surface area contributed by atoms with E-state index in [0.717, 1.165) is 38.5 Å². The highest BCUT2D eigenvalue weighted by Crippen LogP contribution is 2.43. The van der Waals surface area contributed by atoms with Crippen molar-refractivity contribution >= 4 is 19.8 Å². The number of unbranched alkanes of at least 4 members (excludes halogenated alkanes) is 30. The molecule has 2 unspecified atom stereocenters. The molecule has 332 valence electrons. The molecule has 0 radical (unpaired) electrons. The zero-order valence-electron chi connectivity index (χ0n) is 36.6. The van der Waals surface area contributed by atoms with Gasteiger partial charge in [0.05, 0.1) is 13.2 Å². The van der Waals surface area contributed by atoms with Crippen LogP contribution in [-0.4, -0.2) is 49.3 Å². The number of hydrogen-bond acceptors (Lipinski definition) is 8. The summed E-state index contributed by atoms with van der Waals surface area (Å²) in [4.78, 5) is 34.9. The molecule has 2 atom stereocenters. The highest BCUT2D eigenvalue weighted by atomic mass is 31.2. The number of phosphoric ester groups is 1. The van der Waals surface area contributed by atoms with Gasteiger partial charge in [0, 0.05) is 19.4 Å². The quantitative estimate of drug-likeness (QED) is 0.0266. The molecule has 0 aromatic rings. The summed E-state index contributed by atoms with van der Waals surface area (Å²) in [7, 11) is -4.37. The van der Waals surface area contributed by atoms with Crippen LogP contribution in [0.4, 0.5) is 0 Å². The molecule has 9 nitrogen and oxygen atoms in total. The molecule has 0 saturated carbocycles. The van der Waals surface area contributed by atoms with Crippen molar-refractivity contribution in [1.82, 2.24) is 0 Å². The molecule has 0 fully saturated rings. The summed E-state index contributed by atoms with van der Waals surface area (Å²) in [5, 5.41) is 0. The van der Waals surface area contributed by atoms with E-state index in [4.69, 9.17) is 24.3 Å². The van der Waals surface area contributed by atoms with Gasteiger partial charge in [0.1, 0.15) is 6.61 Å². The van der Waals surface area contributed by atoms with Crippen LogP contribution in [0.15, 0.2) is 12.2 Å². The number of carbonyl (C=O) groups excluding carboxylic acids is 2. The van der Waals surface area contributed by atoms with E-state index in [1.54, 1.807) is 0 Å². The lowest BCUT2D eigenvalue weighted by atomic mass is 10.0. The highest BCUT2D eigenvalue weighted by molar-refractivity contribution is 7.47. The van der Waals surface area contributed by atoms with Gasteiger partial charge in [0.2, 0.25) is 0 Å². The van der Waals surface area contributed by atoms with Crippen LogP contribution in [0.1, 0.15) is 239 Å². The Hall–Kier alpha value is -1.25. The molecule has 0 amide bonds. The van der Waals surface area contributed by atoms with Crippen molar-refractivity contribution in [2.75, 3.05) is 26.4 Å². The predicted molar refractivity (Wildman–Crippen MR) is 234 cm³/mol. The Morgan fingerprint density at radius 1 is 0.518 bits per heavy atom. The summed E-state index contributed by atoms with van der Waals surface area (Å²) in [6.45, 7) is 3.77. The summed E-state index contributed by atoms with van der Waals surface area (Å²) < 4.78 is 32.8. The molecule has 0 bridgehead atoms. The van der Waals surface area contributed by atoms with Crippen molar-refractivity contribution in [2.24, 2.45) is 5.73 Å². The van der Waals surface area contributed by atoms with Gasteiger partial charge in [-0.3, -0.25) is 18.6 Å². The van der Waals surface area contributed by atoms with Crippen molar-refractivity contribution in [3.8, 4) is 0 Å². The third-order valence-corrected chi connectivity index (χ3v) is 11.4. The third kappa shape index (κ3) is 42.4. The van der Waals surface area contributed by atoms with Gasteiger partial charge in [-0.05, 0) is 38.5 Å². The lowest BCUT2D eigenvalue weighted by Gasteiger charge is -2.19. The molecule has 0 aliphatic rings. The fourth-order valence-corrected chi connectivity index (χ4v) is 7.63. The maximum absolute atomic E-state index is 12.6. The average Bonchev–Trinajstić information content (AvgIpc) is 3.18. The van der Waals surface area contributed by atoms with E-state index in [-0.39, 0.29) is 38.6 Å². The minimum absolute atomic E-state index is 0.0561. The Kier molecular flexibility index (Phi) is 42.4. The molecule has 0 saturated heterocycles. The lowest BCUT2D eigenvalue weighted by molar-refractivity contribution is -0.161. The first kappa shape index (κ1) is 54.8. The number of carbonyl (C=O) groups is 2. The second kappa shape index (κ2) is 43.3. The number of hydrogen-bond donors (Lipinski definition) is 2. The smallest absolute Gasteiger partial charge is 0.462 e. The number of phosphoric acid groups is 1. The second-order valence-electron chi connectivity index (χ2n) is 16.0. The molecule has 0 rings (SSSR count). The Balaban J connectivity index is 4.05. The van der Waals surface area contributed by atoms with Crippen LogP contribution >= 0.6 is 7.82 Å². The van der Waals surface area contributed by atoms with Gasteiger partial charge in [-0.1, -0.05) is 199 Å². The fourth-order valence-electron chi connectivity index (χ4n) is 6.87. The van der Waals surface area contributed by atoms with Crippen molar-refractivity contribution in [3.63, 3.8) is 0 Å². The first-order valence-electron chi connectivity index (χ1n) is 23.7. The highest BCUT2D eigenvalue weighted by Gasteiger charge is 2.26. The Bertz CT molecular complexity index is 933. The Morgan fingerprint density at radius 2 is 0.875 bits per heavy atom. The van der Waals surface area contributed by atoms with Gasteiger partial charge in [-0.2, -0.15) is 0 Å². The third-order valence-electron chi connectivity index (χ3n) is 10.4. The monoisotopic (exact) mass is 816 g/mol. The second-order valence-corrected chi connectivity index (χ2v) is 17.4. The SMILES string of the molecule is CCCCCCCCCC/C=C\CCCCCCCCCCCC(=O)OC(COC(=O)CCCCCCCCCCCCCCCC)COP(=O)(O)OCCN. The van der Waals surface area contributed by atoms with Crippen LogP contribution < -0.4 is 5.73 Å². The maximum atomic E-state index is 12.6. The summed E-state index contributed by atoms with van der Waals surface area (Å²) in [5.41, 5.74) is 5.36. The van der Waals surface area contributed by atoms with Crippen LogP contribution in [0.25, 0.3) is 0 Å². The molecule has 0 aliphatic heterocycles. The number of nitrogens with two attached hydrogens (primary N) is 1. The van der Waals surface area contributed by atoms with Gasteiger partial charge >= 0.3 is 19.8 Å². The van der Waals surface area contributed by atoms with E-state index >= 15 is 0 Å². The van der Waals surface area contributed by atoms with E-state index in [1.807, 2.05) is 0 Å². The Labute approximate surface area is 345 Å². The minimum Gasteiger partial charge on any atom is -0.462 e. The zero-order valence-corrected chi connectivity index (χ0v) is 37.5. The number of ether oxygens (including phenoxy) is 2. The largest absolute Gasteiger partial charge is 0.472 e. The van der Waals surface area contributed by atoms with Crippen molar-refractivity contribution < 1.29 is 37.6 Å². The van der Waals surface area contributed by atoms with Crippen molar-refractivity contribution in [1.29, 1.82) is 0 Å². The summed E-state index contributed by atoms with van der Waals surface area (Å²) in [6, 6.07) is 0. The van der Waals surface area contributed by atoms with E-state index in [1.165, 1.54) is 167 Å². The predicted octanol–water partition coefficient (Wildman–Crippen LogP) is 13.8. The summed E-state index contributed by atoms with van der Waals surface area (Å²) in [6.07, 6.45) is 45.3.